The van der Waals surface area contributed by atoms with Crippen molar-refractivity contribution in [2.75, 3.05) is 65.9 Å². The first-order valence-corrected chi connectivity index (χ1v) is 24.1. The summed E-state index contributed by atoms with van der Waals surface area (Å²) in [7, 11) is 0. The molecule has 0 rings (SSSR count). The molecule has 0 aromatic rings. The van der Waals surface area contributed by atoms with Crippen LogP contribution in [0.25, 0.3) is 0 Å². The summed E-state index contributed by atoms with van der Waals surface area (Å²) in [6, 6.07) is -4.07. The number of carbonyl (C=O) groups is 9. The summed E-state index contributed by atoms with van der Waals surface area (Å²) in [5.41, 5.74) is 4.94. The number of rotatable bonds is 49. The second kappa shape index (κ2) is 43.0. The fraction of sp³-hybridized carbons (Fsp3) is 0.800. The molecule has 69 heavy (non-hydrogen) atoms. The van der Waals surface area contributed by atoms with Crippen molar-refractivity contribution < 1.29 is 87.6 Å². The predicted octanol–water partition coefficient (Wildman–Crippen LogP) is 0.937. The molecule has 0 spiro atoms. The van der Waals surface area contributed by atoms with Crippen LogP contribution in [0.1, 0.15) is 141 Å². The number of carboxylic acids is 4. The highest BCUT2D eigenvalue weighted by Crippen LogP contribution is 2.14. The fourth-order valence-corrected chi connectivity index (χ4v) is 6.63. The number of primary amides is 1. The molecule has 24 heteroatoms. The highest BCUT2D eigenvalue weighted by molar-refractivity contribution is 5.87. The van der Waals surface area contributed by atoms with Gasteiger partial charge < -0.3 is 71.5 Å². The van der Waals surface area contributed by atoms with Crippen LogP contribution in [0.2, 0.25) is 0 Å². The number of ether oxygens (including phenoxy) is 4. The minimum Gasteiger partial charge on any atom is -0.481 e. The molecule has 12 N–H and O–H groups in total. The molecule has 4 atom stereocenters. The van der Waals surface area contributed by atoms with Crippen molar-refractivity contribution in [2.45, 2.75) is 166 Å². The number of unbranched alkanes of at least 4 members (excludes halogenated alkanes) is 13. The summed E-state index contributed by atoms with van der Waals surface area (Å²) in [5.74, 6) is -7.83. The maximum Gasteiger partial charge on any atom is 0.326 e. The number of amides is 5. The monoisotopic (exact) mass is 993 g/mol. The van der Waals surface area contributed by atoms with E-state index in [4.69, 9.17) is 29.8 Å². The van der Waals surface area contributed by atoms with E-state index in [2.05, 4.69) is 26.6 Å². The van der Waals surface area contributed by atoms with Crippen LogP contribution in [0.15, 0.2) is 0 Å². The minimum absolute atomic E-state index is 0.00174. The highest BCUT2D eigenvalue weighted by Gasteiger charge is 2.25. The lowest BCUT2D eigenvalue weighted by atomic mass is 10.0. The smallest absolute Gasteiger partial charge is 0.326 e. The molecule has 0 radical (unpaired) electrons. The quantitative estimate of drug-likeness (QED) is 0.0298. The number of carboxylic acid groups (broad SMARTS) is 4. The van der Waals surface area contributed by atoms with E-state index >= 15 is 0 Å². The number of carbonyl (C=O) groups excluding carboxylic acids is 5. The van der Waals surface area contributed by atoms with Gasteiger partial charge in [0.1, 0.15) is 37.6 Å². The number of nitrogens with two attached hydrogens (primary N) is 1. The lowest BCUT2D eigenvalue weighted by molar-refractivity contribution is -0.144. The van der Waals surface area contributed by atoms with E-state index < -0.39 is 84.9 Å². The topological polar surface area (TPSA) is 378 Å². The highest BCUT2D eigenvalue weighted by atomic mass is 16.5. The van der Waals surface area contributed by atoms with Gasteiger partial charge in [-0.1, -0.05) is 77.0 Å². The molecular formula is C45H80N6O18. The van der Waals surface area contributed by atoms with Crippen LogP contribution in [0.3, 0.4) is 0 Å². The molecule has 398 valence electrons. The molecular weight excluding hydrogens is 913 g/mol. The molecule has 0 aliphatic carbocycles. The second-order valence-electron chi connectivity index (χ2n) is 16.5. The first kappa shape index (κ1) is 64.0. The summed E-state index contributed by atoms with van der Waals surface area (Å²) >= 11 is 0. The Balaban J connectivity index is 4.09. The van der Waals surface area contributed by atoms with Gasteiger partial charge in [-0.05, 0) is 38.5 Å². The van der Waals surface area contributed by atoms with Gasteiger partial charge in [0, 0.05) is 38.8 Å². The lowest BCUT2D eigenvalue weighted by Gasteiger charge is -2.18. The number of hydrogen-bond donors (Lipinski definition) is 11. The zero-order valence-electron chi connectivity index (χ0n) is 40.1. The number of nitrogens with one attached hydrogen (secondary N) is 5. The van der Waals surface area contributed by atoms with E-state index in [9.17, 15) is 63.6 Å². The second-order valence-corrected chi connectivity index (χ2v) is 16.5. The molecule has 0 bridgehead atoms. The third-order valence-electron chi connectivity index (χ3n) is 10.4. The van der Waals surface area contributed by atoms with Crippen LogP contribution in [-0.2, 0) is 62.1 Å². The Morgan fingerprint density at radius 1 is 0.406 bits per heavy atom. The van der Waals surface area contributed by atoms with Crippen LogP contribution < -0.4 is 32.3 Å². The Kier molecular flexibility index (Phi) is 39.9. The van der Waals surface area contributed by atoms with E-state index in [0.717, 1.165) is 51.4 Å². The van der Waals surface area contributed by atoms with Crippen molar-refractivity contribution in [3.63, 3.8) is 0 Å². The van der Waals surface area contributed by atoms with Gasteiger partial charge in [0.15, 0.2) is 0 Å². The van der Waals surface area contributed by atoms with Crippen LogP contribution in [-0.4, -0.2) is 169 Å². The number of aliphatic carboxylic acids is 4. The van der Waals surface area contributed by atoms with Gasteiger partial charge in [-0.3, -0.25) is 34.1 Å². The van der Waals surface area contributed by atoms with Gasteiger partial charge in [0.05, 0.1) is 39.6 Å². The van der Waals surface area contributed by atoms with Crippen molar-refractivity contribution in [1.82, 2.24) is 26.6 Å². The fourth-order valence-electron chi connectivity index (χ4n) is 6.63. The molecule has 0 saturated carbocycles. The standard InChI is InChI=1S/C45H80N6O18/c46-36(52)31-68-29-27-66-25-23-47-38(54)21-18-34(44(62)63)50-40(56)22-19-35(45(64)65)51-41(57)32-69-30-28-67-26-24-48-37(53)20-17-33(43(60)61)49-39(55)15-13-11-9-7-5-3-1-2-4-6-8-10-12-14-16-42(58)59/h33-35,37,48,53H,1-32H2,(H2,46,52)(H,47,54)(H,49,55)(H,50,56)(H,51,57)(H,58,59)(H,60,61)(H,62,63)(H,64,65). The first-order chi connectivity index (χ1) is 33.0. The zero-order chi connectivity index (χ0) is 51.5. The van der Waals surface area contributed by atoms with Gasteiger partial charge >= 0.3 is 23.9 Å². The van der Waals surface area contributed by atoms with Crippen molar-refractivity contribution in [3.8, 4) is 0 Å². The van der Waals surface area contributed by atoms with Crippen LogP contribution in [0.4, 0.5) is 0 Å². The number of aliphatic hydroxyl groups is 1. The third kappa shape index (κ3) is 41.7. The minimum atomic E-state index is -1.49. The maximum absolute atomic E-state index is 12.4. The molecule has 0 aliphatic heterocycles. The summed E-state index contributed by atoms with van der Waals surface area (Å²) < 4.78 is 20.7. The molecule has 0 aromatic carbocycles. The molecule has 5 amide bonds. The Morgan fingerprint density at radius 3 is 1.28 bits per heavy atom. The lowest BCUT2D eigenvalue weighted by Crippen LogP contribution is -2.45. The molecule has 0 aromatic heterocycles. The molecule has 24 nitrogen and oxygen atoms in total. The van der Waals surface area contributed by atoms with Crippen molar-refractivity contribution >= 4 is 53.4 Å². The molecule has 0 aliphatic rings. The third-order valence-corrected chi connectivity index (χ3v) is 10.4. The predicted molar refractivity (Wildman–Crippen MR) is 247 cm³/mol. The summed E-state index contributed by atoms with van der Waals surface area (Å²) in [4.78, 5) is 105. The van der Waals surface area contributed by atoms with E-state index in [0.29, 0.717) is 6.42 Å². The van der Waals surface area contributed by atoms with Crippen molar-refractivity contribution in [3.05, 3.63) is 0 Å². The summed E-state index contributed by atoms with van der Waals surface area (Å²) in [5, 5.41) is 59.8. The van der Waals surface area contributed by atoms with Crippen LogP contribution in [0, 0.1) is 0 Å². The van der Waals surface area contributed by atoms with Crippen LogP contribution >= 0.6 is 0 Å². The van der Waals surface area contributed by atoms with Crippen LogP contribution in [0.5, 0.6) is 0 Å². The number of hydrogen-bond acceptors (Lipinski definition) is 15. The average molecular weight is 993 g/mol. The largest absolute Gasteiger partial charge is 0.481 e. The Hall–Kier alpha value is -5.01. The Labute approximate surface area is 404 Å². The van der Waals surface area contributed by atoms with Crippen molar-refractivity contribution in [1.29, 1.82) is 0 Å². The van der Waals surface area contributed by atoms with Gasteiger partial charge in [-0.15, -0.1) is 0 Å². The number of aliphatic hydroxyl groups excluding tert-OH is 1. The van der Waals surface area contributed by atoms with E-state index in [1.807, 2.05) is 0 Å². The summed E-state index contributed by atoms with van der Waals surface area (Å²) in [6.07, 6.45) is 12.9. The Morgan fingerprint density at radius 2 is 0.797 bits per heavy atom. The molecule has 0 fully saturated rings. The SMILES string of the molecule is NC(=O)COCCOCCNC(=O)CCC(NC(=O)CCC(NC(=O)COCCOCCNC(O)CCC(NC(=O)CCCCCCCCCCCCCCCCC(=O)O)C(=O)O)C(=O)O)C(=O)O. The van der Waals surface area contributed by atoms with Gasteiger partial charge in [0.25, 0.3) is 0 Å². The van der Waals surface area contributed by atoms with Gasteiger partial charge in [-0.2, -0.15) is 0 Å². The van der Waals surface area contributed by atoms with E-state index in [1.165, 1.54) is 32.1 Å². The zero-order valence-corrected chi connectivity index (χ0v) is 40.1. The summed E-state index contributed by atoms with van der Waals surface area (Å²) in [6.45, 7) is 0.0620. The van der Waals surface area contributed by atoms with Gasteiger partial charge in [-0.25, -0.2) is 14.4 Å². The van der Waals surface area contributed by atoms with E-state index in [-0.39, 0.29) is 110 Å². The van der Waals surface area contributed by atoms with E-state index in [1.54, 1.807) is 0 Å². The van der Waals surface area contributed by atoms with Gasteiger partial charge in [0.2, 0.25) is 29.5 Å². The molecule has 0 saturated heterocycles. The first-order valence-electron chi connectivity index (χ1n) is 24.1. The molecule has 4 unspecified atom stereocenters. The average Bonchev–Trinajstić information content (AvgIpc) is 3.28. The molecule has 0 heterocycles. The Bertz CT molecular complexity index is 1490. The van der Waals surface area contributed by atoms with Crippen molar-refractivity contribution in [2.24, 2.45) is 5.73 Å². The maximum atomic E-state index is 12.4. The normalized spacial score (nSPS) is 12.8.